The minimum absolute atomic E-state index is 0.0400. The van der Waals surface area contributed by atoms with Crippen molar-refractivity contribution in [2.24, 2.45) is 17.8 Å². The zero-order chi connectivity index (χ0) is 22.7. The fourth-order valence-electron chi connectivity index (χ4n) is 6.81. The maximum atomic E-state index is 13.8. The lowest BCUT2D eigenvalue weighted by Gasteiger charge is -2.56. The van der Waals surface area contributed by atoms with Crippen molar-refractivity contribution in [3.8, 4) is 16.9 Å². The first kappa shape index (κ1) is 21.9. The number of amides is 1. The van der Waals surface area contributed by atoms with E-state index < -0.39 is 0 Å². The standard InChI is InChI=1S/C26H24Cl2IN3O/c27-19-3-6-23(22(28)10-19)32-24(18-1-4-20(29)5-2-18)21(14-30-32)25(33)31-26-11-15-7-16(12-26)9-17(8-15)13-26/h1-6,10,14-17H,7-9,11-13H2,(H,31,33). The van der Waals surface area contributed by atoms with E-state index in [1.54, 1.807) is 23.0 Å². The summed E-state index contributed by atoms with van der Waals surface area (Å²) < 4.78 is 2.89. The van der Waals surface area contributed by atoms with Crippen molar-refractivity contribution in [3.63, 3.8) is 0 Å². The lowest BCUT2D eigenvalue weighted by molar-refractivity contribution is -0.0166. The van der Waals surface area contributed by atoms with Crippen LogP contribution in [0.15, 0.2) is 48.7 Å². The van der Waals surface area contributed by atoms with E-state index in [1.165, 1.54) is 19.3 Å². The Kier molecular flexibility index (Phi) is 5.50. The summed E-state index contributed by atoms with van der Waals surface area (Å²) in [5.74, 6) is 2.26. The molecule has 0 atom stereocenters. The average Bonchev–Trinajstić information content (AvgIpc) is 3.18. The van der Waals surface area contributed by atoms with Crippen molar-refractivity contribution >= 4 is 51.7 Å². The highest BCUT2D eigenvalue weighted by molar-refractivity contribution is 14.1. The Morgan fingerprint density at radius 1 is 1.00 bits per heavy atom. The maximum Gasteiger partial charge on any atom is 0.255 e. The molecule has 1 N–H and O–H groups in total. The SMILES string of the molecule is O=C(NC12CC3CC(CC(C3)C1)C2)c1cnn(-c2ccc(Cl)cc2Cl)c1-c1ccc(I)cc1. The van der Waals surface area contributed by atoms with Crippen LogP contribution in [0, 0.1) is 21.3 Å². The van der Waals surface area contributed by atoms with Crippen LogP contribution >= 0.6 is 45.8 Å². The minimum atomic E-state index is -0.0603. The van der Waals surface area contributed by atoms with Crippen LogP contribution in [0.5, 0.6) is 0 Å². The van der Waals surface area contributed by atoms with Gasteiger partial charge in [0, 0.05) is 19.7 Å². The molecule has 4 bridgehead atoms. The van der Waals surface area contributed by atoms with Gasteiger partial charge in [-0.3, -0.25) is 4.79 Å². The summed E-state index contributed by atoms with van der Waals surface area (Å²) in [5.41, 5.74) is 2.89. The molecule has 4 aliphatic carbocycles. The first-order chi connectivity index (χ1) is 15.9. The highest BCUT2D eigenvalue weighted by Gasteiger charge is 2.51. The zero-order valence-corrected chi connectivity index (χ0v) is 21.7. The number of hydrogen-bond acceptors (Lipinski definition) is 2. The molecule has 1 amide bonds. The smallest absolute Gasteiger partial charge is 0.255 e. The molecule has 0 saturated heterocycles. The quantitative estimate of drug-likeness (QED) is 0.328. The first-order valence-corrected chi connectivity index (χ1v) is 13.3. The second kappa shape index (κ2) is 8.28. The average molecular weight is 592 g/mol. The lowest BCUT2D eigenvalue weighted by atomic mass is 9.53. The van der Waals surface area contributed by atoms with E-state index in [4.69, 9.17) is 23.2 Å². The molecule has 0 unspecified atom stereocenters. The highest BCUT2D eigenvalue weighted by atomic mass is 127. The Balaban J connectivity index is 1.41. The van der Waals surface area contributed by atoms with Gasteiger partial charge in [0.15, 0.2) is 0 Å². The Morgan fingerprint density at radius 2 is 1.64 bits per heavy atom. The largest absolute Gasteiger partial charge is 0.346 e. The van der Waals surface area contributed by atoms with Crippen molar-refractivity contribution in [2.45, 2.75) is 44.1 Å². The van der Waals surface area contributed by atoms with Crippen LogP contribution < -0.4 is 5.32 Å². The number of carbonyl (C=O) groups excluding carboxylic acids is 1. The molecule has 1 aromatic heterocycles. The lowest BCUT2D eigenvalue weighted by Crippen LogP contribution is -2.59. The fourth-order valence-corrected chi connectivity index (χ4v) is 7.66. The molecule has 2 aromatic carbocycles. The van der Waals surface area contributed by atoms with Crippen LogP contribution in [0.4, 0.5) is 0 Å². The number of halogens is 3. The van der Waals surface area contributed by atoms with Crippen molar-refractivity contribution < 1.29 is 4.79 Å². The molecule has 33 heavy (non-hydrogen) atoms. The van der Waals surface area contributed by atoms with E-state index >= 15 is 0 Å². The molecule has 4 saturated carbocycles. The maximum absolute atomic E-state index is 13.8. The van der Waals surface area contributed by atoms with Gasteiger partial charge in [-0.05, 0) is 109 Å². The van der Waals surface area contributed by atoms with Gasteiger partial charge in [-0.25, -0.2) is 4.68 Å². The molecule has 4 aliphatic rings. The van der Waals surface area contributed by atoms with E-state index in [2.05, 4.69) is 33.0 Å². The zero-order valence-electron chi connectivity index (χ0n) is 18.0. The van der Waals surface area contributed by atoms with Gasteiger partial charge in [-0.2, -0.15) is 5.10 Å². The topological polar surface area (TPSA) is 46.9 Å². The molecular weight excluding hydrogens is 568 g/mol. The molecule has 7 heteroatoms. The normalized spacial score (nSPS) is 27.7. The van der Waals surface area contributed by atoms with E-state index in [0.717, 1.165) is 51.8 Å². The third kappa shape index (κ3) is 4.00. The number of aromatic nitrogens is 2. The molecule has 0 radical (unpaired) electrons. The number of hydrogen-bond donors (Lipinski definition) is 1. The van der Waals surface area contributed by atoms with Gasteiger partial charge in [0.05, 0.1) is 28.2 Å². The molecule has 3 aromatic rings. The molecule has 170 valence electrons. The Labute approximate surface area is 217 Å². The van der Waals surface area contributed by atoms with Gasteiger partial charge in [-0.15, -0.1) is 0 Å². The minimum Gasteiger partial charge on any atom is -0.346 e. The van der Waals surface area contributed by atoms with Crippen molar-refractivity contribution in [1.82, 2.24) is 15.1 Å². The van der Waals surface area contributed by atoms with Crippen molar-refractivity contribution in [3.05, 3.63) is 67.8 Å². The summed E-state index contributed by atoms with van der Waals surface area (Å²) in [6, 6.07) is 13.5. The van der Waals surface area contributed by atoms with E-state index in [1.807, 2.05) is 30.3 Å². The summed E-state index contributed by atoms with van der Waals surface area (Å²) in [7, 11) is 0. The highest BCUT2D eigenvalue weighted by Crippen LogP contribution is 2.55. The summed E-state index contributed by atoms with van der Waals surface area (Å²) in [4.78, 5) is 13.8. The van der Waals surface area contributed by atoms with Crippen LogP contribution in [-0.2, 0) is 0 Å². The Hall–Kier alpha value is -1.57. The monoisotopic (exact) mass is 591 g/mol. The molecule has 4 nitrogen and oxygen atoms in total. The second-order valence-corrected chi connectivity index (χ2v) is 12.2. The summed E-state index contributed by atoms with van der Waals surface area (Å²) in [6.07, 6.45) is 9.04. The second-order valence-electron chi connectivity index (χ2n) is 10.1. The number of rotatable bonds is 4. The van der Waals surface area contributed by atoms with Crippen LogP contribution in [0.25, 0.3) is 16.9 Å². The Morgan fingerprint density at radius 3 is 2.24 bits per heavy atom. The van der Waals surface area contributed by atoms with Gasteiger partial charge in [0.25, 0.3) is 5.91 Å². The fraction of sp³-hybridized carbons (Fsp3) is 0.385. The van der Waals surface area contributed by atoms with Crippen molar-refractivity contribution in [1.29, 1.82) is 0 Å². The van der Waals surface area contributed by atoms with Gasteiger partial charge in [-0.1, -0.05) is 35.3 Å². The van der Waals surface area contributed by atoms with Crippen LogP contribution in [0.3, 0.4) is 0 Å². The molecule has 0 spiro atoms. The summed E-state index contributed by atoms with van der Waals surface area (Å²) in [5, 5.41) is 9.17. The van der Waals surface area contributed by atoms with Gasteiger partial charge >= 0.3 is 0 Å². The van der Waals surface area contributed by atoms with E-state index in [9.17, 15) is 4.79 Å². The number of carbonyl (C=O) groups is 1. The number of nitrogens with one attached hydrogen (secondary N) is 1. The predicted molar refractivity (Wildman–Crippen MR) is 140 cm³/mol. The number of nitrogens with zero attached hydrogens (tertiary/aromatic N) is 2. The third-order valence-corrected chi connectivity index (χ3v) is 8.94. The molecule has 7 rings (SSSR count). The molecule has 0 aliphatic heterocycles. The van der Waals surface area contributed by atoms with Gasteiger partial charge in [0.2, 0.25) is 0 Å². The summed E-state index contributed by atoms with van der Waals surface area (Å²) >= 11 is 14.9. The molecular formula is C26H24Cl2IN3O. The first-order valence-electron chi connectivity index (χ1n) is 11.5. The van der Waals surface area contributed by atoms with Gasteiger partial charge < -0.3 is 5.32 Å². The van der Waals surface area contributed by atoms with Crippen LogP contribution in [-0.4, -0.2) is 21.2 Å². The predicted octanol–water partition coefficient (Wildman–Crippen LogP) is 7.15. The Bertz CT molecular complexity index is 1200. The van der Waals surface area contributed by atoms with Crippen LogP contribution in [0.2, 0.25) is 10.0 Å². The van der Waals surface area contributed by atoms with Crippen LogP contribution in [0.1, 0.15) is 48.9 Å². The molecule has 4 fully saturated rings. The summed E-state index contributed by atoms with van der Waals surface area (Å²) in [6.45, 7) is 0. The third-order valence-electron chi connectivity index (χ3n) is 7.69. The van der Waals surface area contributed by atoms with E-state index in [-0.39, 0.29) is 11.4 Å². The molecule has 1 heterocycles. The number of benzene rings is 2. The van der Waals surface area contributed by atoms with Crippen molar-refractivity contribution in [2.75, 3.05) is 0 Å². The van der Waals surface area contributed by atoms with Gasteiger partial charge in [0.1, 0.15) is 0 Å². The van der Waals surface area contributed by atoms with E-state index in [0.29, 0.717) is 21.3 Å².